The van der Waals surface area contributed by atoms with Gasteiger partial charge in [-0.25, -0.2) is 0 Å². The van der Waals surface area contributed by atoms with Crippen LogP contribution in [0.2, 0.25) is 0 Å². The van der Waals surface area contributed by atoms with Crippen LogP contribution in [0.15, 0.2) is 36.4 Å². The predicted molar refractivity (Wildman–Crippen MR) is 127 cm³/mol. The number of aryl methyl sites for hydroxylation is 1. The Balaban J connectivity index is 1.35. The fourth-order valence-electron chi connectivity index (χ4n) is 4.85. The summed E-state index contributed by atoms with van der Waals surface area (Å²) in [4.78, 5) is 30.0. The highest BCUT2D eigenvalue weighted by Gasteiger charge is 2.30. The third-order valence-corrected chi connectivity index (χ3v) is 7.08. The number of rotatable bonds is 8. The van der Waals surface area contributed by atoms with Crippen LogP contribution in [-0.4, -0.2) is 70.9 Å². The molecule has 2 unspecified atom stereocenters. The molecule has 2 aromatic rings. The van der Waals surface area contributed by atoms with Gasteiger partial charge >= 0.3 is 0 Å². The van der Waals surface area contributed by atoms with Crippen LogP contribution in [-0.2, 0) is 4.79 Å². The van der Waals surface area contributed by atoms with Crippen LogP contribution in [0.1, 0.15) is 60.0 Å². The number of hydrogen-bond acceptors (Lipinski definition) is 4. The third-order valence-electron chi connectivity index (χ3n) is 7.08. The summed E-state index contributed by atoms with van der Waals surface area (Å²) >= 11 is 0. The fourth-order valence-corrected chi connectivity index (χ4v) is 4.85. The maximum absolute atomic E-state index is 13.2. The minimum absolute atomic E-state index is 0.105. The van der Waals surface area contributed by atoms with Gasteiger partial charge < -0.3 is 9.88 Å². The molecule has 1 aromatic carbocycles. The highest BCUT2D eigenvalue weighted by Crippen LogP contribution is 2.26. The molecule has 0 spiro atoms. The van der Waals surface area contributed by atoms with Gasteiger partial charge in [0.1, 0.15) is 0 Å². The van der Waals surface area contributed by atoms with E-state index in [-0.39, 0.29) is 23.8 Å². The van der Waals surface area contributed by atoms with E-state index < -0.39 is 0 Å². The predicted octanol–water partition coefficient (Wildman–Crippen LogP) is 3.18. The van der Waals surface area contributed by atoms with Gasteiger partial charge in [0.2, 0.25) is 5.91 Å². The molecule has 172 valence electrons. The molecule has 6 heteroatoms. The summed E-state index contributed by atoms with van der Waals surface area (Å²) < 4.78 is 2.26. The number of aromatic nitrogens is 1. The molecular weight excluding hydrogens is 400 g/mol. The Morgan fingerprint density at radius 2 is 1.69 bits per heavy atom. The van der Waals surface area contributed by atoms with E-state index in [1.54, 1.807) is 0 Å². The van der Waals surface area contributed by atoms with Gasteiger partial charge in [-0.15, -0.1) is 0 Å². The van der Waals surface area contributed by atoms with Gasteiger partial charge in [-0.05, 0) is 52.2 Å². The molecule has 1 N–H and O–H groups in total. The van der Waals surface area contributed by atoms with E-state index in [1.807, 2.05) is 19.1 Å². The van der Waals surface area contributed by atoms with E-state index in [2.05, 4.69) is 64.7 Å². The number of Topliss-reactive ketones (excluding diaryl/α,β-unsaturated/α-hetero) is 1. The van der Waals surface area contributed by atoms with Gasteiger partial charge in [-0.2, -0.15) is 0 Å². The van der Waals surface area contributed by atoms with E-state index in [0.29, 0.717) is 12.6 Å². The van der Waals surface area contributed by atoms with Gasteiger partial charge in [0.05, 0.1) is 18.6 Å². The van der Waals surface area contributed by atoms with Crippen LogP contribution < -0.4 is 5.32 Å². The molecule has 1 amide bonds. The normalized spacial score (nSPS) is 19.5. The number of amides is 1. The summed E-state index contributed by atoms with van der Waals surface area (Å²) in [6.45, 7) is 12.0. The van der Waals surface area contributed by atoms with Crippen LogP contribution in [0, 0.1) is 13.8 Å². The van der Waals surface area contributed by atoms with E-state index >= 15 is 0 Å². The maximum atomic E-state index is 13.2. The SMILES string of the molecule is Cc1cc(C(=O)CN2CCN(C(C)C(=O)NC3CC3)CC2)c(C)n1C(C)c1ccccc1. The lowest BCUT2D eigenvalue weighted by atomic mass is 10.1. The average Bonchev–Trinajstić information content (AvgIpc) is 3.56. The van der Waals surface area contributed by atoms with Crippen molar-refractivity contribution in [1.29, 1.82) is 0 Å². The third kappa shape index (κ3) is 4.97. The Labute approximate surface area is 191 Å². The molecule has 2 atom stereocenters. The zero-order valence-electron chi connectivity index (χ0n) is 19.8. The number of benzene rings is 1. The first kappa shape index (κ1) is 22.7. The molecule has 1 aliphatic carbocycles. The van der Waals surface area contributed by atoms with Crippen LogP contribution in [0.4, 0.5) is 0 Å². The number of nitrogens with one attached hydrogen (secondary N) is 1. The monoisotopic (exact) mass is 436 g/mol. The molecule has 2 fully saturated rings. The Kier molecular flexibility index (Phi) is 6.82. The van der Waals surface area contributed by atoms with Crippen molar-refractivity contribution in [3.05, 3.63) is 58.9 Å². The largest absolute Gasteiger partial charge is 0.352 e. The number of hydrogen-bond donors (Lipinski definition) is 1. The number of carbonyl (C=O) groups is 2. The zero-order valence-corrected chi connectivity index (χ0v) is 19.8. The summed E-state index contributed by atoms with van der Waals surface area (Å²) in [5.74, 6) is 0.314. The second-order valence-corrected chi connectivity index (χ2v) is 9.44. The lowest BCUT2D eigenvalue weighted by molar-refractivity contribution is -0.126. The lowest BCUT2D eigenvalue weighted by Crippen LogP contribution is -2.54. The molecule has 32 heavy (non-hydrogen) atoms. The van der Waals surface area contributed by atoms with Crippen molar-refractivity contribution in [2.75, 3.05) is 32.7 Å². The van der Waals surface area contributed by atoms with Gasteiger partial charge in [-0.1, -0.05) is 30.3 Å². The van der Waals surface area contributed by atoms with Gasteiger partial charge in [0.25, 0.3) is 0 Å². The van der Waals surface area contributed by atoms with Crippen molar-refractivity contribution in [1.82, 2.24) is 19.7 Å². The number of nitrogens with zero attached hydrogens (tertiary/aromatic N) is 3. The molecule has 6 nitrogen and oxygen atoms in total. The number of ketones is 1. The van der Waals surface area contributed by atoms with E-state index in [0.717, 1.165) is 56.0 Å². The molecule has 0 bridgehead atoms. The molecule has 2 aliphatic rings. The average molecular weight is 437 g/mol. The molecular formula is C26H36N4O2. The van der Waals surface area contributed by atoms with Crippen molar-refractivity contribution in [3.63, 3.8) is 0 Å². The topological polar surface area (TPSA) is 57.6 Å². The van der Waals surface area contributed by atoms with Crippen LogP contribution in [0.25, 0.3) is 0 Å². The van der Waals surface area contributed by atoms with Crippen molar-refractivity contribution in [2.45, 2.75) is 58.7 Å². The fraction of sp³-hybridized carbons (Fsp3) is 0.538. The zero-order chi connectivity index (χ0) is 22.8. The summed E-state index contributed by atoms with van der Waals surface area (Å²) in [5.41, 5.74) is 4.21. The molecule has 1 aromatic heterocycles. The summed E-state index contributed by atoms with van der Waals surface area (Å²) in [6, 6.07) is 12.9. The van der Waals surface area contributed by atoms with E-state index in [9.17, 15) is 9.59 Å². The van der Waals surface area contributed by atoms with Crippen molar-refractivity contribution in [2.24, 2.45) is 0 Å². The first-order valence-corrected chi connectivity index (χ1v) is 11.9. The molecule has 1 saturated heterocycles. The maximum Gasteiger partial charge on any atom is 0.237 e. The smallest absolute Gasteiger partial charge is 0.237 e. The number of piperazine rings is 1. The Bertz CT molecular complexity index is 956. The standard InChI is InChI=1S/C26H36N4O2/c1-18-16-24(20(3)30(18)19(2)22-8-6-5-7-9-22)25(31)17-28-12-14-29(15-13-28)21(4)26(32)27-23-10-11-23/h5-9,16,19,21,23H,10-15,17H2,1-4H3,(H,27,32). The van der Waals surface area contributed by atoms with Crippen molar-refractivity contribution in [3.8, 4) is 0 Å². The van der Waals surface area contributed by atoms with Crippen molar-refractivity contribution < 1.29 is 9.59 Å². The van der Waals surface area contributed by atoms with Crippen molar-refractivity contribution >= 4 is 11.7 Å². The lowest BCUT2D eigenvalue weighted by Gasteiger charge is -2.37. The quantitative estimate of drug-likeness (QED) is 0.646. The molecule has 0 radical (unpaired) electrons. The summed E-state index contributed by atoms with van der Waals surface area (Å²) in [7, 11) is 0. The Morgan fingerprint density at radius 3 is 2.31 bits per heavy atom. The summed E-state index contributed by atoms with van der Waals surface area (Å²) in [6.07, 6.45) is 2.22. The highest BCUT2D eigenvalue weighted by atomic mass is 16.2. The molecule has 2 heterocycles. The molecule has 1 saturated carbocycles. The molecule has 4 rings (SSSR count). The first-order chi connectivity index (χ1) is 15.3. The second-order valence-electron chi connectivity index (χ2n) is 9.44. The minimum atomic E-state index is -0.105. The summed E-state index contributed by atoms with van der Waals surface area (Å²) in [5, 5.41) is 3.10. The number of carbonyl (C=O) groups excluding carboxylic acids is 2. The van der Waals surface area contributed by atoms with Gasteiger partial charge in [0, 0.05) is 49.2 Å². The second kappa shape index (κ2) is 9.59. The van der Waals surface area contributed by atoms with E-state index in [4.69, 9.17) is 0 Å². The first-order valence-electron chi connectivity index (χ1n) is 11.9. The highest BCUT2D eigenvalue weighted by molar-refractivity contribution is 5.99. The minimum Gasteiger partial charge on any atom is -0.352 e. The molecule has 1 aliphatic heterocycles. The Hall–Kier alpha value is -2.44. The van der Waals surface area contributed by atoms with Gasteiger partial charge in [-0.3, -0.25) is 19.4 Å². The van der Waals surface area contributed by atoms with E-state index in [1.165, 1.54) is 5.56 Å². The van der Waals surface area contributed by atoms with Crippen LogP contribution in [0.5, 0.6) is 0 Å². The van der Waals surface area contributed by atoms with Gasteiger partial charge in [0.15, 0.2) is 5.78 Å². The Morgan fingerprint density at radius 1 is 1.03 bits per heavy atom. The van der Waals surface area contributed by atoms with Crippen LogP contribution in [0.3, 0.4) is 0 Å². The van der Waals surface area contributed by atoms with Crippen LogP contribution >= 0.6 is 0 Å².